The number of benzene rings is 1. The lowest BCUT2D eigenvalue weighted by Crippen LogP contribution is -2.34. The molecular weight excluding hydrogens is 232 g/mol. The molecule has 1 unspecified atom stereocenters. The van der Waals surface area contributed by atoms with Crippen LogP contribution in [0.15, 0.2) is 30.3 Å². The summed E-state index contributed by atoms with van der Waals surface area (Å²) < 4.78 is 0. The van der Waals surface area contributed by atoms with Crippen LogP contribution >= 0.6 is 0 Å². The first-order valence-electron chi connectivity index (χ1n) is 7.75. The highest BCUT2D eigenvalue weighted by atomic mass is 15.2. The van der Waals surface area contributed by atoms with E-state index in [1.54, 1.807) is 0 Å². The number of nitrogens with two attached hydrogens (primary N) is 1. The summed E-state index contributed by atoms with van der Waals surface area (Å²) in [6.45, 7) is 9.87. The first-order valence-corrected chi connectivity index (χ1v) is 7.75. The molecule has 2 nitrogen and oxygen atoms in total. The molecule has 19 heavy (non-hydrogen) atoms. The van der Waals surface area contributed by atoms with Crippen molar-refractivity contribution in [1.29, 1.82) is 0 Å². The Kier molecular flexibility index (Phi) is 7.76. The van der Waals surface area contributed by atoms with Gasteiger partial charge in [-0.15, -0.1) is 0 Å². The van der Waals surface area contributed by atoms with E-state index >= 15 is 0 Å². The van der Waals surface area contributed by atoms with Crippen LogP contribution in [-0.2, 0) is 0 Å². The standard InChI is InChI=1S/C17H30N2/c1-4-15(5-2)14-19(6-3)17(12-13-18)16-10-8-7-9-11-16/h7-11,15,17H,4-6,12-14,18H2,1-3H3. The fourth-order valence-electron chi connectivity index (χ4n) is 2.75. The van der Waals surface area contributed by atoms with Crippen LogP contribution in [-0.4, -0.2) is 24.5 Å². The Morgan fingerprint density at radius 1 is 1.05 bits per heavy atom. The van der Waals surface area contributed by atoms with E-state index in [1.165, 1.54) is 24.9 Å². The Balaban J connectivity index is 2.82. The third-order valence-corrected chi connectivity index (χ3v) is 4.12. The van der Waals surface area contributed by atoms with Crippen LogP contribution in [0, 0.1) is 5.92 Å². The van der Waals surface area contributed by atoms with Crippen molar-refractivity contribution >= 4 is 0 Å². The molecule has 0 aliphatic carbocycles. The maximum Gasteiger partial charge on any atom is 0.0360 e. The quantitative estimate of drug-likeness (QED) is 0.733. The molecule has 0 heterocycles. The Hall–Kier alpha value is -0.860. The molecule has 1 atom stereocenters. The molecule has 108 valence electrons. The summed E-state index contributed by atoms with van der Waals surface area (Å²) in [4.78, 5) is 2.60. The molecule has 2 heteroatoms. The number of hydrogen-bond acceptors (Lipinski definition) is 2. The molecule has 0 aromatic heterocycles. The number of rotatable bonds is 9. The Morgan fingerprint density at radius 2 is 1.68 bits per heavy atom. The minimum atomic E-state index is 0.469. The molecular formula is C17H30N2. The van der Waals surface area contributed by atoms with E-state index in [0.29, 0.717) is 6.04 Å². The van der Waals surface area contributed by atoms with Gasteiger partial charge in [0.2, 0.25) is 0 Å². The minimum Gasteiger partial charge on any atom is -0.330 e. The summed E-state index contributed by atoms with van der Waals surface area (Å²) in [5.74, 6) is 0.795. The first kappa shape index (κ1) is 16.2. The van der Waals surface area contributed by atoms with Crippen molar-refractivity contribution in [2.75, 3.05) is 19.6 Å². The molecule has 0 aliphatic heterocycles. The second-order valence-corrected chi connectivity index (χ2v) is 5.27. The Morgan fingerprint density at radius 3 is 2.16 bits per heavy atom. The highest BCUT2D eigenvalue weighted by molar-refractivity contribution is 5.19. The van der Waals surface area contributed by atoms with Gasteiger partial charge < -0.3 is 5.73 Å². The molecule has 1 aromatic rings. The van der Waals surface area contributed by atoms with Crippen molar-refractivity contribution in [2.45, 2.75) is 46.1 Å². The van der Waals surface area contributed by atoms with Gasteiger partial charge in [-0.05, 0) is 31.0 Å². The van der Waals surface area contributed by atoms with Gasteiger partial charge in [0.15, 0.2) is 0 Å². The normalized spacial score (nSPS) is 13.2. The summed E-state index contributed by atoms with van der Waals surface area (Å²) in [6.07, 6.45) is 3.56. The average Bonchev–Trinajstić information content (AvgIpc) is 2.48. The first-order chi connectivity index (χ1) is 9.26. The van der Waals surface area contributed by atoms with Crippen molar-refractivity contribution in [3.63, 3.8) is 0 Å². The van der Waals surface area contributed by atoms with Gasteiger partial charge in [0, 0.05) is 12.6 Å². The average molecular weight is 262 g/mol. The van der Waals surface area contributed by atoms with Crippen LogP contribution in [0.25, 0.3) is 0 Å². The smallest absolute Gasteiger partial charge is 0.0360 e. The van der Waals surface area contributed by atoms with Crippen molar-refractivity contribution in [1.82, 2.24) is 4.90 Å². The highest BCUT2D eigenvalue weighted by Gasteiger charge is 2.20. The maximum absolute atomic E-state index is 5.83. The van der Waals surface area contributed by atoms with Gasteiger partial charge in [-0.1, -0.05) is 63.9 Å². The molecule has 1 aromatic carbocycles. The molecule has 2 N–H and O–H groups in total. The molecule has 0 saturated heterocycles. The Bertz CT molecular complexity index is 319. The summed E-state index contributed by atoms with van der Waals surface area (Å²) in [5, 5.41) is 0. The lowest BCUT2D eigenvalue weighted by Gasteiger charge is -2.33. The second-order valence-electron chi connectivity index (χ2n) is 5.27. The monoisotopic (exact) mass is 262 g/mol. The molecule has 0 radical (unpaired) electrons. The second kappa shape index (κ2) is 9.11. The SMILES string of the molecule is CCC(CC)CN(CC)C(CCN)c1ccccc1. The summed E-state index contributed by atoms with van der Waals surface area (Å²) in [6, 6.07) is 11.3. The van der Waals surface area contributed by atoms with E-state index in [4.69, 9.17) is 5.73 Å². The molecule has 0 fully saturated rings. The molecule has 0 aliphatic rings. The van der Waals surface area contributed by atoms with E-state index in [1.807, 2.05) is 0 Å². The van der Waals surface area contributed by atoms with Crippen LogP contribution in [0.4, 0.5) is 0 Å². The number of hydrogen-bond donors (Lipinski definition) is 1. The van der Waals surface area contributed by atoms with Gasteiger partial charge in [0.25, 0.3) is 0 Å². The van der Waals surface area contributed by atoms with E-state index < -0.39 is 0 Å². The van der Waals surface area contributed by atoms with E-state index in [2.05, 4.69) is 56.0 Å². The van der Waals surface area contributed by atoms with Gasteiger partial charge in [0.1, 0.15) is 0 Å². The molecule has 0 amide bonds. The predicted octanol–water partition coefficient (Wildman–Crippen LogP) is 3.83. The lowest BCUT2D eigenvalue weighted by molar-refractivity contribution is 0.164. The van der Waals surface area contributed by atoms with E-state index in [9.17, 15) is 0 Å². The van der Waals surface area contributed by atoms with Crippen molar-refractivity contribution in [3.8, 4) is 0 Å². The molecule has 0 bridgehead atoms. The van der Waals surface area contributed by atoms with Gasteiger partial charge in [0.05, 0.1) is 0 Å². The topological polar surface area (TPSA) is 29.3 Å². The summed E-state index contributed by atoms with van der Waals surface area (Å²) in [5.41, 5.74) is 7.23. The van der Waals surface area contributed by atoms with E-state index in [0.717, 1.165) is 25.4 Å². The van der Waals surface area contributed by atoms with E-state index in [-0.39, 0.29) is 0 Å². The third kappa shape index (κ3) is 4.96. The fraction of sp³-hybridized carbons (Fsp3) is 0.647. The summed E-state index contributed by atoms with van der Waals surface area (Å²) in [7, 11) is 0. The zero-order valence-corrected chi connectivity index (χ0v) is 12.8. The van der Waals surface area contributed by atoms with Crippen LogP contribution in [0.5, 0.6) is 0 Å². The van der Waals surface area contributed by atoms with Gasteiger partial charge in [-0.3, -0.25) is 4.90 Å². The zero-order chi connectivity index (χ0) is 14.1. The van der Waals surface area contributed by atoms with Gasteiger partial charge in [-0.25, -0.2) is 0 Å². The molecule has 0 spiro atoms. The lowest BCUT2D eigenvalue weighted by atomic mass is 9.97. The molecule has 1 rings (SSSR count). The van der Waals surface area contributed by atoms with Gasteiger partial charge >= 0.3 is 0 Å². The van der Waals surface area contributed by atoms with Crippen molar-refractivity contribution in [3.05, 3.63) is 35.9 Å². The Labute approximate surface area is 119 Å². The largest absolute Gasteiger partial charge is 0.330 e. The van der Waals surface area contributed by atoms with Crippen LogP contribution in [0.3, 0.4) is 0 Å². The van der Waals surface area contributed by atoms with Crippen molar-refractivity contribution < 1.29 is 0 Å². The number of nitrogens with zero attached hydrogens (tertiary/aromatic N) is 1. The minimum absolute atomic E-state index is 0.469. The maximum atomic E-state index is 5.83. The van der Waals surface area contributed by atoms with Crippen LogP contribution < -0.4 is 5.73 Å². The third-order valence-electron chi connectivity index (χ3n) is 4.12. The molecule has 0 saturated carbocycles. The zero-order valence-electron chi connectivity index (χ0n) is 12.8. The summed E-state index contributed by atoms with van der Waals surface area (Å²) >= 11 is 0. The highest BCUT2D eigenvalue weighted by Crippen LogP contribution is 2.25. The van der Waals surface area contributed by atoms with Crippen molar-refractivity contribution in [2.24, 2.45) is 11.7 Å². The van der Waals surface area contributed by atoms with Crippen LogP contribution in [0.2, 0.25) is 0 Å². The van der Waals surface area contributed by atoms with Crippen LogP contribution in [0.1, 0.15) is 51.6 Å². The fourth-order valence-corrected chi connectivity index (χ4v) is 2.75. The predicted molar refractivity (Wildman–Crippen MR) is 84.2 cm³/mol. The van der Waals surface area contributed by atoms with Gasteiger partial charge in [-0.2, -0.15) is 0 Å².